The molecule has 0 spiro atoms. The Morgan fingerprint density at radius 3 is 2.30 bits per heavy atom. The van der Waals surface area contributed by atoms with Crippen molar-refractivity contribution < 1.29 is 23.7 Å². The van der Waals surface area contributed by atoms with E-state index in [0.29, 0.717) is 29.5 Å². The van der Waals surface area contributed by atoms with Gasteiger partial charge in [-0.15, -0.1) is 0 Å². The molecule has 0 aromatic heterocycles. The van der Waals surface area contributed by atoms with Crippen molar-refractivity contribution in [1.29, 1.82) is 0 Å². The Morgan fingerprint density at radius 1 is 0.867 bits per heavy atom. The molecule has 0 heterocycles. The van der Waals surface area contributed by atoms with Crippen LogP contribution in [0.2, 0.25) is 0 Å². The fourth-order valence-corrected chi connectivity index (χ4v) is 2.74. The lowest BCUT2D eigenvalue weighted by Gasteiger charge is -2.14. The van der Waals surface area contributed by atoms with Crippen LogP contribution in [0.3, 0.4) is 0 Å². The van der Waals surface area contributed by atoms with Crippen molar-refractivity contribution in [3.05, 3.63) is 78.4 Å². The third kappa shape index (κ3) is 5.75. The largest absolute Gasteiger partial charge is 0.497 e. The van der Waals surface area contributed by atoms with E-state index in [-0.39, 0.29) is 5.91 Å². The van der Waals surface area contributed by atoms with Crippen molar-refractivity contribution in [3.8, 4) is 23.0 Å². The molecule has 0 aliphatic rings. The number of carbonyl (C=O) groups excluding carboxylic acids is 1. The number of hydrogen-bond donors (Lipinski definition) is 1. The molecule has 1 amide bonds. The number of amides is 1. The normalized spacial score (nSPS) is 11.4. The number of methoxy groups -OCH3 is 2. The highest BCUT2D eigenvalue weighted by Crippen LogP contribution is 2.31. The monoisotopic (exact) mass is 407 g/mol. The van der Waals surface area contributed by atoms with Gasteiger partial charge < -0.3 is 24.3 Å². The van der Waals surface area contributed by atoms with Crippen LogP contribution in [0.5, 0.6) is 23.0 Å². The second-order valence-electron chi connectivity index (χ2n) is 6.57. The average Bonchev–Trinajstić information content (AvgIpc) is 2.79. The molecule has 3 aromatic rings. The number of nitrogens with one attached hydrogen (secondary N) is 1. The molecule has 3 rings (SSSR count). The Hall–Kier alpha value is -3.51. The number of ether oxygens (including phenoxy) is 4. The van der Waals surface area contributed by atoms with E-state index in [1.807, 2.05) is 48.5 Å². The molecule has 3 aromatic carbocycles. The average molecular weight is 407 g/mol. The number of benzene rings is 3. The second kappa shape index (κ2) is 10.3. The topological polar surface area (TPSA) is 66.0 Å². The zero-order valence-electron chi connectivity index (χ0n) is 17.3. The molecule has 0 aliphatic carbocycles. The molecule has 0 aliphatic heterocycles. The Labute approximate surface area is 176 Å². The van der Waals surface area contributed by atoms with Gasteiger partial charge >= 0.3 is 0 Å². The number of para-hydroxylation sites is 2. The number of anilines is 1. The zero-order chi connectivity index (χ0) is 21.3. The molecule has 6 nitrogen and oxygen atoms in total. The van der Waals surface area contributed by atoms with Gasteiger partial charge in [0.15, 0.2) is 11.5 Å². The van der Waals surface area contributed by atoms with E-state index in [0.717, 1.165) is 11.3 Å². The number of rotatable bonds is 9. The summed E-state index contributed by atoms with van der Waals surface area (Å²) in [6.07, 6.45) is -0.610. The molecule has 30 heavy (non-hydrogen) atoms. The van der Waals surface area contributed by atoms with Crippen molar-refractivity contribution >= 4 is 11.6 Å². The second-order valence-corrected chi connectivity index (χ2v) is 6.57. The summed E-state index contributed by atoms with van der Waals surface area (Å²) in [5, 5.41) is 2.85. The number of carbonyl (C=O) groups is 1. The summed E-state index contributed by atoms with van der Waals surface area (Å²) >= 11 is 0. The lowest BCUT2D eigenvalue weighted by molar-refractivity contribution is -0.127. The van der Waals surface area contributed by atoms with Crippen molar-refractivity contribution in [2.75, 3.05) is 19.5 Å². The minimum absolute atomic E-state index is 0.226. The van der Waals surface area contributed by atoms with Crippen molar-refractivity contribution in [2.45, 2.75) is 19.6 Å². The van der Waals surface area contributed by atoms with Crippen LogP contribution in [0, 0.1) is 0 Å². The Balaban J connectivity index is 1.53. The first-order chi connectivity index (χ1) is 14.6. The third-order valence-corrected chi connectivity index (χ3v) is 4.42. The van der Waals surface area contributed by atoms with Crippen LogP contribution in [-0.4, -0.2) is 26.2 Å². The van der Waals surface area contributed by atoms with E-state index in [4.69, 9.17) is 18.9 Å². The van der Waals surface area contributed by atoms with Gasteiger partial charge in [0.2, 0.25) is 0 Å². The molecular weight excluding hydrogens is 382 g/mol. The van der Waals surface area contributed by atoms with Gasteiger partial charge in [0.1, 0.15) is 17.6 Å². The highest BCUT2D eigenvalue weighted by Gasteiger charge is 2.14. The van der Waals surface area contributed by atoms with Gasteiger partial charge in [-0.3, -0.25) is 4.79 Å². The highest BCUT2D eigenvalue weighted by atomic mass is 16.5. The first-order valence-corrected chi connectivity index (χ1v) is 9.55. The summed E-state index contributed by atoms with van der Waals surface area (Å²) in [7, 11) is 3.21. The molecule has 6 heteroatoms. The van der Waals surface area contributed by atoms with Crippen LogP contribution < -0.4 is 19.5 Å². The van der Waals surface area contributed by atoms with Gasteiger partial charge in [-0.1, -0.05) is 24.3 Å². The molecule has 0 fully saturated rings. The molecule has 0 bridgehead atoms. The Bertz CT molecular complexity index is 971. The van der Waals surface area contributed by atoms with E-state index >= 15 is 0 Å². The fourth-order valence-electron chi connectivity index (χ4n) is 2.74. The van der Waals surface area contributed by atoms with E-state index in [1.54, 1.807) is 45.4 Å². The maximum atomic E-state index is 12.4. The van der Waals surface area contributed by atoms with Gasteiger partial charge in [0.25, 0.3) is 5.91 Å². The first-order valence-electron chi connectivity index (χ1n) is 9.55. The molecular formula is C24H25NO5. The summed E-state index contributed by atoms with van der Waals surface area (Å²) < 4.78 is 22.0. The SMILES string of the molecule is COc1cccc(COC(C)C(=O)Nc2ccc(Oc3ccccc3OC)cc2)c1. The van der Waals surface area contributed by atoms with Crippen LogP contribution in [0.1, 0.15) is 12.5 Å². The lowest BCUT2D eigenvalue weighted by atomic mass is 10.2. The summed E-state index contributed by atoms with van der Waals surface area (Å²) in [6.45, 7) is 2.03. The van der Waals surface area contributed by atoms with E-state index in [1.165, 1.54) is 0 Å². The van der Waals surface area contributed by atoms with Crippen LogP contribution in [0.15, 0.2) is 72.8 Å². The predicted molar refractivity (Wildman–Crippen MR) is 115 cm³/mol. The Morgan fingerprint density at radius 2 is 1.60 bits per heavy atom. The summed E-state index contributed by atoms with van der Waals surface area (Å²) in [4.78, 5) is 12.4. The molecule has 0 saturated heterocycles. The third-order valence-electron chi connectivity index (χ3n) is 4.42. The molecule has 156 valence electrons. The standard InChI is InChI=1S/C24H25NO5/c1-17(29-16-18-7-6-8-21(15-18)27-2)24(26)25-19-11-13-20(14-12-19)30-23-10-5-4-9-22(23)28-3/h4-15,17H,16H2,1-3H3,(H,25,26). The molecule has 1 atom stereocenters. The summed E-state index contributed by atoms with van der Waals surface area (Å²) in [6, 6.07) is 22.1. The van der Waals surface area contributed by atoms with Crippen molar-refractivity contribution in [3.63, 3.8) is 0 Å². The van der Waals surface area contributed by atoms with Gasteiger partial charge in [0, 0.05) is 5.69 Å². The number of hydrogen-bond acceptors (Lipinski definition) is 5. The molecule has 1 unspecified atom stereocenters. The molecule has 1 N–H and O–H groups in total. The van der Waals surface area contributed by atoms with E-state index in [9.17, 15) is 4.79 Å². The van der Waals surface area contributed by atoms with Crippen LogP contribution in [0.25, 0.3) is 0 Å². The summed E-state index contributed by atoms with van der Waals surface area (Å²) in [5.41, 5.74) is 1.59. The van der Waals surface area contributed by atoms with Gasteiger partial charge in [-0.2, -0.15) is 0 Å². The minimum Gasteiger partial charge on any atom is -0.497 e. The zero-order valence-corrected chi connectivity index (χ0v) is 17.3. The fraction of sp³-hybridized carbons (Fsp3) is 0.208. The van der Waals surface area contributed by atoms with Crippen LogP contribution in [0.4, 0.5) is 5.69 Å². The summed E-state index contributed by atoms with van der Waals surface area (Å²) in [5.74, 6) is 2.44. The molecule has 0 saturated carbocycles. The van der Waals surface area contributed by atoms with Crippen molar-refractivity contribution in [2.24, 2.45) is 0 Å². The van der Waals surface area contributed by atoms with E-state index in [2.05, 4.69) is 5.32 Å². The maximum Gasteiger partial charge on any atom is 0.253 e. The Kier molecular flexibility index (Phi) is 7.29. The van der Waals surface area contributed by atoms with Crippen LogP contribution >= 0.6 is 0 Å². The maximum absolute atomic E-state index is 12.4. The predicted octanol–water partition coefficient (Wildman–Crippen LogP) is 5.04. The molecule has 0 radical (unpaired) electrons. The lowest BCUT2D eigenvalue weighted by Crippen LogP contribution is -2.27. The van der Waals surface area contributed by atoms with Crippen molar-refractivity contribution in [1.82, 2.24) is 0 Å². The highest BCUT2D eigenvalue weighted by molar-refractivity contribution is 5.93. The van der Waals surface area contributed by atoms with Gasteiger partial charge in [-0.25, -0.2) is 0 Å². The quantitative estimate of drug-likeness (QED) is 0.538. The smallest absolute Gasteiger partial charge is 0.253 e. The van der Waals surface area contributed by atoms with E-state index < -0.39 is 6.10 Å². The van der Waals surface area contributed by atoms with Gasteiger partial charge in [-0.05, 0) is 61.0 Å². The minimum atomic E-state index is -0.610. The van der Waals surface area contributed by atoms with Crippen LogP contribution in [-0.2, 0) is 16.1 Å². The first kappa shape index (κ1) is 21.2. The van der Waals surface area contributed by atoms with Gasteiger partial charge in [0.05, 0.1) is 20.8 Å².